The number of nitrogens with zero attached hydrogens (tertiary/aromatic N) is 3. The van der Waals surface area contributed by atoms with Gasteiger partial charge in [-0.15, -0.1) is 0 Å². The van der Waals surface area contributed by atoms with Gasteiger partial charge in [0.1, 0.15) is 6.07 Å². The first-order valence-corrected chi connectivity index (χ1v) is 4.29. The van der Waals surface area contributed by atoms with Crippen molar-refractivity contribution in [1.29, 1.82) is 5.26 Å². The van der Waals surface area contributed by atoms with Gasteiger partial charge in [-0.2, -0.15) is 5.26 Å². The fourth-order valence-electron chi connectivity index (χ4n) is 1.06. The van der Waals surface area contributed by atoms with Crippen LogP contribution in [0.4, 0.5) is 5.95 Å². The van der Waals surface area contributed by atoms with Gasteiger partial charge in [-0.05, 0) is 12.8 Å². The first kappa shape index (κ1) is 9.46. The second kappa shape index (κ2) is 4.41. The molecule has 0 bridgehead atoms. The lowest BCUT2D eigenvalue weighted by Gasteiger charge is -2.01. The molecule has 2 N–H and O–H groups in total. The molecule has 68 valence electrons. The molecule has 1 rings (SSSR count). The molecule has 0 aliphatic carbocycles. The Labute approximate surface area is 77.4 Å². The number of nitriles is 1. The van der Waals surface area contributed by atoms with Crippen LogP contribution >= 0.6 is 0 Å². The van der Waals surface area contributed by atoms with Gasteiger partial charge in [0.25, 0.3) is 0 Å². The Kier molecular flexibility index (Phi) is 3.21. The molecule has 0 spiro atoms. The topological polar surface area (TPSA) is 75.6 Å². The highest BCUT2D eigenvalue weighted by molar-refractivity contribution is 5.34. The van der Waals surface area contributed by atoms with Crippen molar-refractivity contribution in [2.45, 2.75) is 26.2 Å². The van der Waals surface area contributed by atoms with Crippen molar-refractivity contribution >= 4 is 5.95 Å². The first-order chi connectivity index (χ1) is 6.27. The summed E-state index contributed by atoms with van der Waals surface area (Å²) in [5, 5.41) is 8.74. The Balaban J connectivity index is 2.89. The van der Waals surface area contributed by atoms with Gasteiger partial charge < -0.3 is 5.73 Å². The standard InChI is InChI=1S/C9H12N4/c1-2-3-4-8-7(5-10)6-12-9(11)13-8/h6H,2-4H2,1H3,(H2,11,12,13). The molecular formula is C9H12N4. The summed E-state index contributed by atoms with van der Waals surface area (Å²) in [4.78, 5) is 7.79. The molecule has 0 aromatic carbocycles. The molecule has 0 saturated heterocycles. The third kappa shape index (κ3) is 2.41. The van der Waals surface area contributed by atoms with Crippen molar-refractivity contribution in [2.75, 3.05) is 5.73 Å². The van der Waals surface area contributed by atoms with Crippen LogP contribution in [0.25, 0.3) is 0 Å². The summed E-state index contributed by atoms with van der Waals surface area (Å²) in [6.07, 6.45) is 4.37. The Morgan fingerprint density at radius 1 is 1.62 bits per heavy atom. The molecule has 0 unspecified atom stereocenters. The molecule has 4 nitrogen and oxygen atoms in total. The zero-order chi connectivity index (χ0) is 9.68. The Morgan fingerprint density at radius 2 is 2.38 bits per heavy atom. The molecule has 0 aliphatic rings. The smallest absolute Gasteiger partial charge is 0.220 e. The molecule has 1 aromatic heterocycles. The maximum atomic E-state index is 8.74. The van der Waals surface area contributed by atoms with E-state index in [0.29, 0.717) is 5.56 Å². The number of anilines is 1. The van der Waals surface area contributed by atoms with Crippen molar-refractivity contribution in [3.63, 3.8) is 0 Å². The van der Waals surface area contributed by atoms with Crippen LogP contribution in [0.1, 0.15) is 31.0 Å². The van der Waals surface area contributed by atoms with E-state index in [2.05, 4.69) is 23.0 Å². The van der Waals surface area contributed by atoms with E-state index in [4.69, 9.17) is 11.0 Å². The molecule has 1 heterocycles. The fraction of sp³-hybridized carbons (Fsp3) is 0.444. The average molecular weight is 176 g/mol. The minimum atomic E-state index is 0.241. The van der Waals surface area contributed by atoms with E-state index in [-0.39, 0.29) is 5.95 Å². The third-order valence-electron chi connectivity index (χ3n) is 1.77. The van der Waals surface area contributed by atoms with Crippen LogP contribution in [0.5, 0.6) is 0 Å². The second-order valence-electron chi connectivity index (χ2n) is 2.80. The quantitative estimate of drug-likeness (QED) is 0.752. The highest BCUT2D eigenvalue weighted by Gasteiger charge is 2.03. The number of rotatable bonds is 3. The number of aromatic nitrogens is 2. The zero-order valence-corrected chi connectivity index (χ0v) is 7.62. The second-order valence-corrected chi connectivity index (χ2v) is 2.80. The predicted octanol–water partition coefficient (Wildman–Crippen LogP) is 1.27. The van der Waals surface area contributed by atoms with Crippen molar-refractivity contribution in [2.24, 2.45) is 0 Å². The van der Waals surface area contributed by atoms with Crippen LogP contribution in [-0.4, -0.2) is 9.97 Å². The lowest BCUT2D eigenvalue weighted by atomic mass is 10.1. The van der Waals surface area contributed by atoms with Crippen molar-refractivity contribution in [3.05, 3.63) is 17.5 Å². The van der Waals surface area contributed by atoms with E-state index in [9.17, 15) is 0 Å². The normalized spacial score (nSPS) is 9.54. The minimum absolute atomic E-state index is 0.241. The minimum Gasteiger partial charge on any atom is -0.368 e. The van der Waals surface area contributed by atoms with Gasteiger partial charge in [-0.3, -0.25) is 0 Å². The maximum absolute atomic E-state index is 8.74. The van der Waals surface area contributed by atoms with E-state index in [1.54, 1.807) is 0 Å². The van der Waals surface area contributed by atoms with Crippen LogP contribution in [-0.2, 0) is 6.42 Å². The lowest BCUT2D eigenvalue weighted by molar-refractivity contribution is 0.772. The number of hydrogen-bond acceptors (Lipinski definition) is 4. The van der Waals surface area contributed by atoms with Gasteiger partial charge in [-0.1, -0.05) is 13.3 Å². The number of nitrogens with two attached hydrogens (primary N) is 1. The summed E-state index contributed by atoms with van der Waals surface area (Å²) in [5.41, 5.74) is 6.71. The van der Waals surface area contributed by atoms with Gasteiger partial charge in [0.2, 0.25) is 5.95 Å². The molecule has 1 aromatic rings. The monoisotopic (exact) mass is 176 g/mol. The number of nitrogen functional groups attached to an aromatic ring is 1. The molecular weight excluding hydrogens is 164 g/mol. The summed E-state index contributed by atoms with van der Waals surface area (Å²) in [5.74, 6) is 0.241. The van der Waals surface area contributed by atoms with E-state index in [1.165, 1.54) is 6.20 Å². The third-order valence-corrected chi connectivity index (χ3v) is 1.77. The van der Waals surface area contributed by atoms with E-state index >= 15 is 0 Å². The fourth-order valence-corrected chi connectivity index (χ4v) is 1.06. The SMILES string of the molecule is CCCCc1nc(N)ncc1C#N. The molecule has 0 amide bonds. The van der Waals surface area contributed by atoms with Crippen LogP contribution in [0, 0.1) is 11.3 Å². The molecule has 0 saturated carbocycles. The average Bonchev–Trinajstić information content (AvgIpc) is 2.15. The zero-order valence-electron chi connectivity index (χ0n) is 7.62. The predicted molar refractivity (Wildman–Crippen MR) is 49.8 cm³/mol. The molecule has 4 heteroatoms. The molecule has 13 heavy (non-hydrogen) atoms. The van der Waals surface area contributed by atoms with Crippen LogP contribution < -0.4 is 5.73 Å². The largest absolute Gasteiger partial charge is 0.368 e. The molecule has 0 fully saturated rings. The van der Waals surface area contributed by atoms with Crippen molar-refractivity contribution < 1.29 is 0 Å². The molecule has 0 aliphatic heterocycles. The Hall–Kier alpha value is -1.63. The van der Waals surface area contributed by atoms with Gasteiger partial charge in [-0.25, -0.2) is 9.97 Å². The van der Waals surface area contributed by atoms with Crippen LogP contribution in [0.15, 0.2) is 6.20 Å². The van der Waals surface area contributed by atoms with Gasteiger partial charge in [0, 0.05) is 0 Å². The summed E-state index contributed by atoms with van der Waals surface area (Å²) < 4.78 is 0. The van der Waals surface area contributed by atoms with Gasteiger partial charge >= 0.3 is 0 Å². The Morgan fingerprint density at radius 3 is 3.00 bits per heavy atom. The van der Waals surface area contributed by atoms with Gasteiger partial charge in [0.05, 0.1) is 17.5 Å². The first-order valence-electron chi connectivity index (χ1n) is 4.29. The van der Waals surface area contributed by atoms with Crippen LogP contribution in [0.2, 0.25) is 0 Å². The summed E-state index contributed by atoms with van der Waals surface area (Å²) >= 11 is 0. The van der Waals surface area contributed by atoms with Crippen molar-refractivity contribution in [1.82, 2.24) is 9.97 Å². The molecule has 0 radical (unpaired) electrons. The highest BCUT2D eigenvalue weighted by Crippen LogP contribution is 2.08. The molecule has 0 atom stereocenters. The number of unbranched alkanes of at least 4 members (excludes halogenated alkanes) is 1. The van der Waals surface area contributed by atoms with Gasteiger partial charge in [0.15, 0.2) is 0 Å². The summed E-state index contributed by atoms with van der Waals surface area (Å²) in [6.45, 7) is 2.09. The lowest BCUT2D eigenvalue weighted by Crippen LogP contribution is -2.01. The summed E-state index contributed by atoms with van der Waals surface area (Å²) in [7, 11) is 0. The maximum Gasteiger partial charge on any atom is 0.220 e. The van der Waals surface area contributed by atoms with Crippen molar-refractivity contribution in [3.8, 4) is 6.07 Å². The van der Waals surface area contributed by atoms with E-state index in [0.717, 1.165) is 25.0 Å². The summed E-state index contributed by atoms with van der Waals surface area (Å²) in [6, 6.07) is 2.05. The number of hydrogen-bond donors (Lipinski definition) is 1. The number of aryl methyl sites for hydroxylation is 1. The highest BCUT2D eigenvalue weighted by atomic mass is 15.0. The van der Waals surface area contributed by atoms with Crippen LogP contribution in [0.3, 0.4) is 0 Å². The van der Waals surface area contributed by atoms with E-state index < -0.39 is 0 Å². The van der Waals surface area contributed by atoms with E-state index in [1.807, 2.05) is 0 Å². The Bertz CT molecular complexity index is 327.